The van der Waals surface area contributed by atoms with E-state index in [-0.39, 0.29) is 24.2 Å². The molecule has 1 aromatic carbocycles. The highest BCUT2D eigenvalue weighted by atomic mass is 32.2. The highest BCUT2D eigenvalue weighted by molar-refractivity contribution is 7.89. The highest BCUT2D eigenvalue weighted by Gasteiger charge is 2.33. The second-order valence-electron chi connectivity index (χ2n) is 5.26. The van der Waals surface area contributed by atoms with Crippen molar-refractivity contribution >= 4 is 10.0 Å². The minimum atomic E-state index is -3.56. The van der Waals surface area contributed by atoms with Crippen LogP contribution in [0.25, 0.3) is 0 Å². The van der Waals surface area contributed by atoms with E-state index in [2.05, 4.69) is 0 Å². The molecular formula is C14H22N2O4S. The number of hydrogen-bond acceptors (Lipinski definition) is 5. The van der Waals surface area contributed by atoms with Gasteiger partial charge < -0.3 is 15.6 Å². The molecule has 3 N–H and O–H groups in total. The number of morpholine rings is 1. The van der Waals surface area contributed by atoms with Gasteiger partial charge in [0, 0.05) is 13.1 Å². The lowest BCUT2D eigenvalue weighted by Gasteiger charge is -2.35. The lowest BCUT2D eigenvalue weighted by atomic mass is 10.2. The van der Waals surface area contributed by atoms with E-state index in [0.717, 1.165) is 12.0 Å². The van der Waals surface area contributed by atoms with Crippen LogP contribution in [0.1, 0.15) is 12.5 Å². The quantitative estimate of drug-likeness (QED) is 0.795. The monoisotopic (exact) mass is 314 g/mol. The van der Waals surface area contributed by atoms with Crippen LogP contribution in [0.15, 0.2) is 29.2 Å². The molecule has 0 spiro atoms. The SMILES string of the molecule is CC1CN(S(=O)(=O)c2ccc(CCN)cc2)CC(CO)O1. The number of hydrogen-bond donors (Lipinski definition) is 2. The smallest absolute Gasteiger partial charge is 0.243 e. The molecule has 21 heavy (non-hydrogen) atoms. The number of benzene rings is 1. The van der Waals surface area contributed by atoms with Crippen LogP contribution >= 0.6 is 0 Å². The highest BCUT2D eigenvalue weighted by Crippen LogP contribution is 2.21. The number of aliphatic hydroxyl groups is 1. The molecule has 7 heteroatoms. The summed E-state index contributed by atoms with van der Waals surface area (Å²) in [6, 6.07) is 6.78. The van der Waals surface area contributed by atoms with Crippen molar-refractivity contribution in [2.75, 3.05) is 26.2 Å². The lowest BCUT2D eigenvalue weighted by Crippen LogP contribution is -2.50. The topological polar surface area (TPSA) is 92.9 Å². The number of rotatable bonds is 5. The third-order valence-corrected chi connectivity index (χ3v) is 5.34. The normalized spacial score (nSPS) is 24.1. The number of aliphatic hydroxyl groups excluding tert-OH is 1. The molecule has 0 radical (unpaired) electrons. The third kappa shape index (κ3) is 3.81. The number of sulfonamides is 1. The third-order valence-electron chi connectivity index (χ3n) is 3.49. The van der Waals surface area contributed by atoms with Crippen LogP contribution in [0.5, 0.6) is 0 Å². The second-order valence-corrected chi connectivity index (χ2v) is 7.19. The molecule has 1 saturated heterocycles. The molecular weight excluding hydrogens is 292 g/mol. The minimum absolute atomic E-state index is 0.174. The maximum Gasteiger partial charge on any atom is 0.243 e. The lowest BCUT2D eigenvalue weighted by molar-refractivity contribution is -0.0750. The Labute approximate surface area is 125 Å². The van der Waals surface area contributed by atoms with Gasteiger partial charge in [0.2, 0.25) is 10.0 Å². The van der Waals surface area contributed by atoms with Crippen LogP contribution < -0.4 is 5.73 Å². The van der Waals surface area contributed by atoms with Gasteiger partial charge in [0.1, 0.15) is 0 Å². The first-order valence-electron chi connectivity index (χ1n) is 7.03. The van der Waals surface area contributed by atoms with Gasteiger partial charge in [-0.25, -0.2) is 8.42 Å². The van der Waals surface area contributed by atoms with Crippen molar-refractivity contribution < 1.29 is 18.3 Å². The van der Waals surface area contributed by atoms with Crippen LogP contribution in [0.3, 0.4) is 0 Å². The molecule has 1 fully saturated rings. The van der Waals surface area contributed by atoms with Crippen LogP contribution in [0.2, 0.25) is 0 Å². The molecule has 2 unspecified atom stereocenters. The first-order chi connectivity index (χ1) is 9.97. The average Bonchev–Trinajstić information content (AvgIpc) is 2.47. The van der Waals surface area contributed by atoms with Crippen LogP contribution in [0.4, 0.5) is 0 Å². The van der Waals surface area contributed by atoms with Gasteiger partial charge in [0.15, 0.2) is 0 Å². The maximum atomic E-state index is 12.6. The minimum Gasteiger partial charge on any atom is -0.394 e. The van der Waals surface area contributed by atoms with Crippen molar-refractivity contribution in [2.24, 2.45) is 5.73 Å². The van der Waals surface area contributed by atoms with Crippen molar-refractivity contribution in [1.29, 1.82) is 0 Å². The molecule has 0 aliphatic carbocycles. The number of nitrogens with two attached hydrogens (primary N) is 1. The number of nitrogens with zero attached hydrogens (tertiary/aromatic N) is 1. The maximum absolute atomic E-state index is 12.6. The molecule has 0 amide bonds. The van der Waals surface area contributed by atoms with Crippen molar-refractivity contribution in [2.45, 2.75) is 30.4 Å². The van der Waals surface area contributed by atoms with Gasteiger partial charge in [-0.3, -0.25) is 0 Å². The Morgan fingerprint density at radius 3 is 2.57 bits per heavy atom. The summed E-state index contributed by atoms with van der Waals surface area (Å²) >= 11 is 0. The second kappa shape index (κ2) is 6.85. The first-order valence-corrected chi connectivity index (χ1v) is 8.47. The summed E-state index contributed by atoms with van der Waals surface area (Å²) in [6.45, 7) is 2.61. The van der Waals surface area contributed by atoms with Crippen LogP contribution in [-0.2, 0) is 21.2 Å². The summed E-state index contributed by atoms with van der Waals surface area (Å²) in [5.41, 5.74) is 6.50. The van der Waals surface area contributed by atoms with E-state index < -0.39 is 16.1 Å². The van der Waals surface area contributed by atoms with Crippen molar-refractivity contribution in [3.8, 4) is 0 Å². The summed E-state index contributed by atoms with van der Waals surface area (Å²) < 4.78 is 32.1. The largest absolute Gasteiger partial charge is 0.394 e. The Morgan fingerprint density at radius 1 is 1.33 bits per heavy atom. The molecule has 1 heterocycles. The zero-order chi connectivity index (χ0) is 15.5. The zero-order valence-electron chi connectivity index (χ0n) is 12.1. The predicted molar refractivity (Wildman–Crippen MR) is 79.4 cm³/mol. The fraction of sp³-hybridized carbons (Fsp3) is 0.571. The zero-order valence-corrected chi connectivity index (χ0v) is 12.9. The average molecular weight is 314 g/mol. The number of ether oxygens (including phenoxy) is 1. The fourth-order valence-electron chi connectivity index (χ4n) is 2.44. The molecule has 118 valence electrons. The van der Waals surface area contributed by atoms with Gasteiger partial charge in [-0.15, -0.1) is 0 Å². The molecule has 1 aromatic rings. The summed E-state index contributed by atoms with van der Waals surface area (Å²) in [5, 5.41) is 9.20. The van der Waals surface area contributed by atoms with Gasteiger partial charge in [-0.05, 0) is 37.6 Å². The van der Waals surface area contributed by atoms with Crippen molar-refractivity contribution in [3.05, 3.63) is 29.8 Å². The Kier molecular flexibility index (Phi) is 5.34. The van der Waals surface area contributed by atoms with E-state index in [9.17, 15) is 13.5 Å². The molecule has 1 aliphatic heterocycles. The fourth-order valence-corrected chi connectivity index (χ4v) is 3.99. The van der Waals surface area contributed by atoms with Crippen molar-refractivity contribution in [3.63, 3.8) is 0 Å². The first kappa shape index (κ1) is 16.4. The van der Waals surface area contributed by atoms with E-state index in [1.54, 1.807) is 31.2 Å². The van der Waals surface area contributed by atoms with E-state index in [1.165, 1.54) is 4.31 Å². The van der Waals surface area contributed by atoms with Gasteiger partial charge in [0.05, 0.1) is 23.7 Å². The van der Waals surface area contributed by atoms with E-state index in [0.29, 0.717) is 13.1 Å². The summed E-state index contributed by atoms with van der Waals surface area (Å²) in [4.78, 5) is 0.258. The van der Waals surface area contributed by atoms with E-state index in [4.69, 9.17) is 10.5 Å². The standard InChI is InChI=1S/C14H22N2O4S/c1-11-8-16(9-13(10-17)20-11)21(18,19)14-4-2-12(3-5-14)6-7-15/h2-5,11,13,17H,6-10,15H2,1H3. The Hall–Kier alpha value is -0.990. The van der Waals surface area contributed by atoms with Gasteiger partial charge in [0.25, 0.3) is 0 Å². The van der Waals surface area contributed by atoms with Crippen molar-refractivity contribution in [1.82, 2.24) is 4.31 Å². The Balaban J connectivity index is 2.20. The molecule has 6 nitrogen and oxygen atoms in total. The molecule has 0 saturated carbocycles. The Morgan fingerprint density at radius 2 is 2.00 bits per heavy atom. The Bertz CT molecular complexity index is 559. The van der Waals surface area contributed by atoms with Crippen LogP contribution in [-0.4, -0.2) is 56.3 Å². The summed E-state index contributed by atoms with van der Waals surface area (Å²) in [7, 11) is -3.56. The summed E-state index contributed by atoms with van der Waals surface area (Å²) in [6.07, 6.45) is 0.0174. The molecule has 1 aliphatic rings. The molecule has 2 rings (SSSR count). The summed E-state index contributed by atoms with van der Waals surface area (Å²) in [5.74, 6) is 0. The van der Waals surface area contributed by atoms with Gasteiger partial charge >= 0.3 is 0 Å². The van der Waals surface area contributed by atoms with Gasteiger partial charge in [-0.1, -0.05) is 12.1 Å². The van der Waals surface area contributed by atoms with Crippen LogP contribution in [0, 0.1) is 0 Å². The van der Waals surface area contributed by atoms with E-state index in [1.807, 2.05) is 0 Å². The van der Waals surface area contributed by atoms with Gasteiger partial charge in [-0.2, -0.15) is 4.31 Å². The molecule has 0 bridgehead atoms. The van der Waals surface area contributed by atoms with E-state index >= 15 is 0 Å². The molecule has 0 aromatic heterocycles. The molecule has 2 atom stereocenters. The predicted octanol–water partition coefficient (Wildman–Crippen LogP) is -0.0419.